The van der Waals surface area contributed by atoms with E-state index in [1.165, 1.54) is 0 Å². The Labute approximate surface area is 151 Å². The summed E-state index contributed by atoms with van der Waals surface area (Å²) in [4.78, 5) is 12.8. The molecule has 2 unspecified atom stereocenters. The lowest BCUT2D eigenvalue weighted by atomic mass is 9.37. The summed E-state index contributed by atoms with van der Waals surface area (Å²) in [6, 6.07) is 4.23. The van der Waals surface area contributed by atoms with Crippen molar-refractivity contribution in [3.8, 4) is 12.1 Å². The van der Waals surface area contributed by atoms with Gasteiger partial charge in [-0.15, -0.1) is 0 Å². The third kappa shape index (κ3) is 2.51. The van der Waals surface area contributed by atoms with Crippen LogP contribution in [0.2, 0.25) is 0 Å². The van der Waals surface area contributed by atoms with Gasteiger partial charge in [-0.25, -0.2) is 0 Å². The van der Waals surface area contributed by atoms with Gasteiger partial charge in [0.1, 0.15) is 0 Å². The van der Waals surface area contributed by atoms with E-state index in [2.05, 4.69) is 17.5 Å². The van der Waals surface area contributed by atoms with Crippen molar-refractivity contribution in [2.75, 3.05) is 0 Å². The van der Waals surface area contributed by atoms with Crippen molar-refractivity contribution in [1.29, 1.82) is 10.5 Å². The van der Waals surface area contributed by atoms with E-state index in [4.69, 9.17) is 0 Å². The molecule has 26 heavy (non-hydrogen) atoms. The third-order valence-electron chi connectivity index (χ3n) is 7.01. The summed E-state index contributed by atoms with van der Waals surface area (Å²) in [6.45, 7) is 5.36. The summed E-state index contributed by atoms with van der Waals surface area (Å²) in [5, 5.41) is 22.4. The van der Waals surface area contributed by atoms with Crippen LogP contribution < -0.4 is 5.32 Å². The SMILES string of the molecule is CCC(C)(C)C(=O)NC12CC3(C#N)CC(C#N)(C1)CC(C(F)(F)F)(C3)C2. The molecule has 1 N–H and O–H groups in total. The van der Waals surface area contributed by atoms with Crippen molar-refractivity contribution in [2.24, 2.45) is 21.7 Å². The van der Waals surface area contributed by atoms with Crippen LogP contribution >= 0.6 is 0 Å². The van der Waals surface area contributed by atoms with Gasteiger partial charge in [-0.05, 0) is 44.9 Å². The molecule has 2 atom stereocenters. The lowest BCUT2D eigenvalue weighted by Crippen LogP contribution is -2.72. The Kier molecular flexibility index (Phi) is 3.77. The number of amides is 1. The van der Waals surface area contributed by atoms with Gasteiger partial charge in [0.2, 0.25) is 5.91 Å². The first-order valence-corrected chi connectivity index (χ1v) is 9.02. The molecule has 4 saturated carbocycles. The smallest absolute Gasteiger partial charge is 0.350 e. The van der Waals surface area contributed by atoms with E-state index >= 15 is 0 Å². The highest BCUT2D eigenvalue weighted by Crippen LogP contribution is 2.74. The zero-order valence-corrected chi connectivity index (χ0v) is 15.4. The van der Waals surface area contributed by atoms with Crippen LogP contribution in [0.5, 0.6) is 0 Å². The number of hydrogen-bond donors (Lipinski definition) is 1. The molecule has 0 spiro atoms. The van der Waals surface area contributed by atoms with Gasteiger partial charge < -0.3 is 5.32 Å². The van der Waals surface area contributed by atoms with Crippen LogP contribution in [0.1, 0.15) is 65.7 Å². The average Bonchev–Trinajstić information content (AvgIpc) is 2.52. The molecule has 4 bridgehead atoms. The highest BCUT2D eigenvalue weighted by molar-refractivity contribution is 5.82. The minimum atomic E-state index is -4.51. The average molecular weight is 367 g/mol. The number of rotatable bonds is 3. The number of nitrogens with one attached hydrogen (secondary N) is 1. The fraction of sp³-hybridized carbons (Fsp3) is 0.842. The molecule has 0 aromatic heterocycles. The fourth-order valence-corrected chi connectivity index (χ4v) is 5.88. The monoisotopic (exact) mass is 367 g/mol. The molecule has 4 rings (SSSR count). The maximum absolute atomic E-state index is 14.1. The molecule has 0 aliphatic heterocycles. The summed E-state index contributed by atoms with van der Waals surface area (Å²) in [5.74, 6) is -0.305. The molecule has 1 amide bonds. The zero-order valence-electron chi connectivity index (χ0n) is 15.4. The Hall–Kier alpha value is -1.76. The summed E-state index contributed by atoms with van der Waals surface area (Å²) in [6.07, 6.45) is -4.16. The molecule has 4 nitrogen and oxygen atoms in total. The van der Waals surface area contributed by atoms with Gasteiger partial charge in [0, 0.05) is 11.0 Å². The third-order valence-corrected chi connectivity index (χ3v) is 7.01. The van der Waals surface area contributed by atoms with Crippen LogP contribution in [0.15, 0.2) is 0 Å². The van der Waals surface area contributed by atoms with Gasteiger partial charge in [0.15, 0.2) is 0 Å². The number of alkyl halides is 3. The van der Waals surface area contributed by atoms with Crippen molar-refractivity contribution in [2.45, 2.75) is 77.4 Å². The van der Waals surface area contributed by atoms with Crippen molar-refractivity contribution >= 4 is 5.91 Å². The second-order valence-electron chi connectivity index (χ2n) is 9.59. The molecule has 4 fully saturated rings. The molecule has 142 valence electrons. The number of nitriles is 2. The molecule has 0 saturated heterocycles. The van der Waals surface area contributed by atoms with Crippen LogP contribution in [0.4, 0.5) is 13.2 Å². The van der Waals surface area contributed by atoms with E-state index in [-0.39, 0.29) is 44.4 Å². The highest BCUT2D eigenvalue weighted by Gasteiger charge is 2.75. The molecule has 7 heteroatoms. The van der Waals surface area contributed by atoms with Gasteiger partial charge in [-0.2, -0.15) is 23.7 Å². The lowest BCUT2D eigenvalue weighted by molar-refractivity contribution is -0.294. The second kappa shape index (κ2) is 5.15. The summed E-state index contributed by atoms with van der Waals surface area (Å²) >= 11 is 0. The summed E-state index contributed by atoms with van der Waals surface area (Å²) < 4.78 is 42.3. The van der Waals surface area contributed by atoms with Crippen molar-refractivity contribution < 1.29 is 18.0 Å². The second-order valence-corrected chi connectivity index (χ2v) is 9.59. The predicted octanol–water partition coefficient (Wildman–Crippen LogP) is 4.23. The predicted molar refractivity (Wildman–Crippen MR) is 87.2 cm³/mol. The van der Waals surface area contributed by atoms with Crippen molar-refractivity contribution in [3.05, 3.63) is 0 Å². The van der Waals surface area contributed by atoms with E-state index in [1.54, 1.807) is 13.8 Å². The zero-order chi connectivity index (χ0) is 19.6. The van der Waals surface area contributed by atoms with Crippen molar-refractivity contribution in [3.63, 3.8) is 0 Å². The number of halogens is 3. The van der Waals surface area contributed by atoms with Gasteiger partial charge in [0.05, 0.1) is 28.4 Å². The Morgan fingerprint density at radius 2 is 1.50 bits per heavy atom. The highest BCUT2D eigenvalue weighted by atomic mass is 19.4. The van der Waals surface area contributed by atoms with Gasteiger partial charge in [-0.3, -0.25) is 4.79 Å². The van der Waals surface area contributed by atoms with E-state index < -0.39 is 33.4 Å². The molecule has 4 aliphatic rings. The van der Waals surface area contributed by atoms with E-state index in [0.29, 0.717) is 6.42 Å². The topological polar surface area (TPSA) is 76.7 Å². The first-order chi connectivity index (χ1) is 11.8. The maximum atomic E-state index is 14.1. The number of carbonyl (C=O) groups excluding carboxylic acids is 1. The van der Waals surface area contributed by atoms with Crippen LogP contribution in [0.25, 0.3) is 0 Å². The van der Waals surface area contributed by atoms with Crippen LogP contribution in [-0.2, 0) is 4.79 Å². The van der Waals surface area contributed by atoms with Crippen LogP contribution in [-0.4, -0.2) is 17.6 Å². The number of nitrogens with zero attached hydrogens (tertiary/aromatic N) is 2. The summed E-state index contributed by atoms with van der Waals surface area (Å²) in [7, 11) is 0. The van der Waals surface area contributed by atoms with Gasteiger partial charge in [0.25, 0.3) is 0 Å². The number of hydrogen-bond acceptors (Lipinski definition) is 3. The first-order valence-electron chi connectivity index (χ1n) is 9.02. The van der Waals surface area contributed by atoms with E-state index in [9.17, 15) is 28.5 Å². The lowest BCUT2D eigenvalue weighted by Gasteiger charge is -2.67. The van der Waals surface area contributed by atoms with E-state index in [0.717, 1.165) is 0 Å². The minimum absolute atomic E-state index is 0.166. The molecule has 0 aromatic rings. The summed E-state index contributed by atoms with van der Waals surface area (Å²) in [5.41, 5.74) is -6.34. The van der Waals surface area contributed by atoms with Gasteiger partial charge in [-0.1, -0.05) is 20.8 Å². The Balaban J connectivity index is 2.09. The standard InChI is InChI=1S/C19H24F3N3O/c1-4-14(2,3)13(26)25-18-8-15(11-23)5-16(9-18,12-24)7-17(6-15,10-18)19(20,21)22/h4-10H2,1-3H3,(H,25,26). The van der Waals surface area contributed by atoms with E-state index in [1.807, 2.05) is 6.92 Å². The maximum Gasteiger partial charge on any atom is 0.394 e. The molecular formula is C19H24F3N3O. The Morgan fingerprint density at radius 3 is 1.88 bits per heavy atom. The fourth-order valence-electron chi connectivity index (χ4n) is 5.88. The molecule has 4 aliphatic carbocycles. The normalized spacial score (nSPS) is 41.4. The van der Waals surface area contributed by atoms with Crippen LogP contribution in [0, 0.1) is 44.3 Å². The number of carbonyl (C=O) groups is 1. The van der Waals surface area contributed by atoms with Gasteiger partial charge >= 0.3 is 6.18 Å². The molecule has 0 radical (unpaired) electrons. The molecule has 0 aromatic carbocycles. The molecule has 0 heterocycles. The quantitative estimate of drug-likeness (QED) is 0.811. The largest absolute Gasteiger partial charge is 0.394 e. The Morgan fingerprint density at radius 1 is 1.00 bits per heavy atom. The molecular weight excluding hydrogens is 343 g/mol. The Bertz CT molecular complexity index is 698. The first kappa shape index (κ1) is 19.0. The minimum Gasteiger partial charge on any atom is -0.350 e. The van der Waals surface area contributed by atoms with Crippen molar-refractivity contribution in [1.82, 2.24) is 5.32 Å². The van der Waals surface area contributed by atoms with Crippen LogP contribution in [0.3, 0.4) is 0 Å².